The van der Waals surface area contributed by atoms with Gasteiger partial charge in [0.25, 0.3) is 17.5 Å². The molecule has 0 fully saturated rings. The van der Waals surface area contributed by atoms with Crippen LogP contribution in [0.1, 0.15) is 33.2 Å². The Morgan fingerprint density at radius 3 is 2.56 bits per heavy atom. The van der Waals surface area contributed by atoms with Gasteiger partial charge in [0.15, 0.2) is 5.82 Å². The van der Waals surface area contributed by atoms with Crippen molar-refractivity contribution < 1.29 is 19.3 Å². The van der Waals surface area contributed by atoms with Crippen LogP contribution in [0, 0.1) is 21.4 Å². The molecule has 0 saturated carbocycles. The fourth-order valence-electron chi connectivity index (χ4n) is 3.53. The zero-order valence-electron chi connectivity index (χ0n) is 17.7. The van der Waals surface area contributed by atoms with Crippen molar-refractivity contribution in [3.05, 3.63) is 75.3 Å². The van der Waals surface area contributed by atoms with Crippen LogP contribution in [0.25, 0.3) is 5.69 Å². The molecule has 34 heavy (non-hydrogen) atoms. The highest BCUT2D eigenvalue weighted by Gasteiger charge is 2.41. The number of carbonyl (C=O) groups is 3. The average molecular weight is 476 g/mol. The number of anilines is 1. The molecule has 1 aliphatic heterocycles. The predicted octanol–water partition coefficient (Wildman–Crippen LogP) is 3.00. The summed E-state index contributed by atoms with van der Waals surface area (Å²) in [6.45, 7) is 1.22. The van der Waals surface area contributed by atoms with Crippen LogP contribution < -0.4 is 5.32 Å². The second kappa shape index (κ2) is 9.16. The van der Waals surface area contributed by atoms with E-state index in [1.54, 1.807) is 12.1 Å². The number of hydrogen-bond donors (Lipinski definition) is 1. The predicted molar refractivity (Wildman–Crippen MR) is 122 cm³/mol. The molecule has 0 spiro atoms. The molecule has 0 radical (unpaired) electrons. The summed E-state index contributed by atoms with van der Waals surface area (Å²) in [5, 5.41) is 28.4. The van der Waals surface area contributed by atoms with Crippen LogP contribution in [0.2, 0.25) is 0 Å². The van der Waals surface area contributed by atoms with Gasteiger partial charge in [0.2, 0.25) is 5.91 Å². The van der Waals surface area contributed by atoms with Crippen molar-refractivity contribution in [2.45, 2.75) is 11.9 Å². The van der Waals surface area contributed by atoms with Crippen LogP contribution >= 0.6 is 11.8 Å². The van der Waals surface area contributed by atoms with Gasteiger partial charge in [-0.05, 0) is 24.0 Å². The first kappa shape index (κ1) is 22.7. The molecule has 3 aromatic rings. The Morgan fingerprint density at radius 1 is 1.18 bits per heavy atom. The third-order valence-electron chi connectivity index (χ3n) is 4.97. The molecular formula is C22H16N6O5S. The van der Waals surface area contributed by atoms with E-state index < -0.39 is 34.9 Å². The maximum atomic E-state index is 12.8. The highest BCUT2D eigenvalue weighted by atomic mass is 32.2. The van der Waals surface area contributed by atoms with Crippen LogP contribution in [-0.4, -0.2) is 49.6 Å². The SMILES string of the molecule is CCSc1c(C#N)c(NC(=O)CN2C(=O)c3cccc([N+](=O)[O-])c3C2=O)nn1-c1ccccc1. The maximum absolute atomic E-state index is 12.8. The Morgan fingerprint density at radius 2 is 1.91 bits per heavy atom. The van der Waals surface area contributed by atoms with E-state index >= 15 is 0 Å². The standard InChI is InChI=1S/C22H16N6O5S/c1-2-34-22-15(11-23)19(25-27(22)13-7-4-3-5-8-13)24-17(29)12-26-20(30)14-9-6-10-16(28(32)33)18(14)21(26)31/h3-10H,2,12H2,1H3,(H,24,25,29). The van der Waals surface area contributed by atoms with E-state index in [4.69, 9.17) is 0 Å². The van der Waals surface area contributed by atoms with Crippen molar-refractivity contribution in [3.63, 3.8) is 0 Å². The van der Waals surface area contributed by atoms with Gasteiger partial charge >= 0.3 is 0 Å². The number of rotatable bonds is 7. The fourth-order valence-corrected chi connectivity index (χ4v) is 4.36. The topological polar surface area (TPSA) is 151 Å². The molecule has 4 rings (SSSR count). The Labute approximate surface area is 197 Å². The third-order valence-corrected chi connectivity index (χ3v) is 5.91. The van der Waals surface area contributed by atoms with Crippen molar-refractivity contribution in [2.24, 2.45) is 0 Å². The van der Waals surface area contributed by atoms with E-state index in [1.807, 2.05) is 31.2 Å². The largest absolute Gasteiger partial charge is 0.306 e. The lowest BCUT2D eigenvalue weighted by atomic mass is 10.1. The summed E-state index contributed by atoms with van der Waals surface area (Å²) in [6, 6.07) is 14.8. The molecule has 11 nitrogen and oxygen atoms in total. The van der Waals surface area contributed by atoms with E-state index in [2.05, 4.69) is 10.4 Å². The number of hydrogen-bond acceptors (Lipinski definition) is 8. The number of amides is 3. The zero-order valence-corrected chi connectivity index (χ0v) is 18.5. The monoisotopic (exact) mass is 476 g/mol. The molecule has 0 bridgehead atoms. The smallest absolute Gasteiger partial charge is 0.282 e. The van der Waals surface area contributed by atoms with Gasteiger partial charge in [-0.2, -0.15) is 5.26 Å². The number of para-hydroxylation sites is 1. The molecule has 0 unspecified atom stereocenters. The first-order valence-corrected chi connectivity index (χ1v) is 11.0. The van der Waals surface area contributed by atoms with Crippen LogP contribution in [0.3, 0.4) is 0 Å². The Bertz CT molecular complexity index is 1380. The summed E-state index contributed by atoms with van der Waals surface area (Å²) in [4.78, 5) is 49.3. The number of nitrogens with zero attached hydrogens (tertiary/aromatic N) is 5. The van der Waals surface area contributed by atoms with Crippen molar-refractivity contribution in [1.29, 1.82) is 5.26 Å². The summed E-state index contributed by atoms with van der Waals surface area (Å²) in [5.74, 6) is -1.89. The Balaban J connectivity index is 1.61. The average Bonchev–Trinajstić information content (AvgIpc) is 3.29. The second-order valence-corrected chi connectivity index (χ2v) is 8.28. The lowest BCUT2D eigenvalue weighted by Crippen LogP contribution is -2.37. The molecule has 0 atom stereocenters. The molecule has 12 heteroatoms. The number of thioether (sulfide) groups is 1. The number of aromatic nitrogens is 2. The first-order valence-electron chi connectivity index (χ1n) is 10.0. The van der Waals surface area contributed by atoms with Gasteiger partial charge in [-0.25, -0.2) is 4.68 Å². The van der Waals surface area contributed by atoms with E-state index in [1.165, 1.54) is 28.6 Å². The van der Waals surface area contributed by atoms with Gasteiger partial charge < -0.3 is 5.32 Å². The molecule has 0 saturated heterocycles. The summed E-state index contributed by atoms with van der Waals surface area (Å²) < 4.78 is 1.54. The highest BCUT2D eigenvalue weighted by Crippen LogP contribution is 2.32. The normalized spacial score (nSPS) is 12.4. The molecule has 1 N–H and O–H groups in total. The minimum Gasteiger partial charge on any atom is -0.306 e. The van der Waals surface area contributed by atoms with E-state index in [0.717, 1.165) is 6.07 Å². The van der Waals surface area contributed by atoms with E-state index in [-0.39, 0.29) is 22.5 Å². The summed E-state index contributed by atoms with van der Waals surface area (Å²) >= 11 is 1.37. The number of imide groups is 1. The van der Waals surface area contributed by atoms with Gasteiger partial charge in [0.1, 0.15) is 28.8 Å². The molecule has 3 amide bonds. The first-order chi connectivity index (χ1) is 16.4. The van der Waals surface area contributed by atoms with Gasteiger partial charge in [0, 0.05) is 6.07 Å². The number of nitro benzene ring substituents is 1. The number of fused-ring (bicyclic) bond motifs is 1. The van der Waals surface area contributed by atoms with Gasteiger partial charge in [-0.15, -0.1) is 16.9 Å². The number of nitrogens with one attached hydrogen (secondary N) is 1. The van der Waals surface area contributed by atoms with Gasteiger partial charge in [0.05, 0.1) is 16.2 Å². The maximum Gasteiger partial charge on any atom is 0.282 e. The molecule has 1 aromatic heterocycles. The summed E-state index contributed by atoms with van der Waals surface area (Å²) in [5.41, 5.74) is -0.170. The molecule has 2 heterocycles. The lowest BCUT2D eigenvalue weighted by Gasteiger charge is -2.12. The summed E-state index contributed by atoms with van der Waals surface area (Å²) in [7, 11) is 0. The van der Waals surface area contributed by atoms with Gasteiger partial charge in [-0.1, -0.05) is 31.2 Å². The summed E-state index contributed by atoms with van der Waals surface area (Å²) in [6.07, 6.45) is 0. The number of nitro groups is 1. The minimum absolute atomic E-state index is 0.0186. The van der Waals surface area contributed by atoms with Crippen LogP contribution in [-0.2, 0) is 4.79 Å². The van der Waals surface area contributed by atoms with Crippen LogP contribution in [0.5, 0.6) is 0 Å². The third kappa shape index (κ3) is 3.89. The molecule has 2 aromatic carbocycles. The van der Waals surface area contributed by atoms with Crippen molar-refractivity contribution >= 4 is 41.0 Å². The number of benzene rings is 2. The minimum atomic E-state index is -0.931. The lowest BCUT2D eigenvalue weighted by molar-refractivity contribution is -0.385. The molecule has 170 valence electrons. The number of nitriles is 1. The van der Waals surface area contributed by atoms with E-state index in [9.17, 15) is 29.8 Å². The molecular weight excluding hydrogens is 460 g/mol. The van der Waals surface area contributed by atoms with Crippen molar-refractivity contribution in [3.8, 4) is 11.8 Å². The molecule has 0 aliphatic carbocycles. The Kier molecular flexibility index (Phi) is 6.11. The van der Waals surface area contributed by atoms with Gasteiger partial charge in [-0.3, -0.25) is 29.4 Å². The highest BCUT2D eigenvalue weighted by molar-refractivity contribution is 7.99. The van der Waals surface area contributed by atoms with Crippen LogP contribution in [0.4, 0.5) is 11.5 Å². The van der Waals surface area contributed by atoms with E-state index in [0.29, 0.717) is 21.4 Å². The number of carbonyl (C=O) groups excluding carboxylic acids is 3. The Hall–Kier alpha value is -4.50. The molecule has 1 aliphatic rings. The van der Waals surface area contributed by atoms with Crippen molar-refractivity contribution in [2.75, 3.05) is 17.6 Å². The zero-order chi connectivity index (χ0) is 24.4. The quantitative estimate of drug-likeness (QED) is 0.236. The van der Waals surface area contributed by atoms with Crippen LogP contribution in [0.15, 0.2) is 53.6 Å². The fraction of sp³-hybridized carbons (Fsp3) is 0.136. The second-order valence-electron chi connectivity index (χ2n) is 7.02. The van der Waals surface area contributed by atoms with Crippen molar-refractivity contribution in [1.82, 2.24) is 14.7 Å².